The summed E-state index contributed by atoms with van der Waals surface area (Å²) in [5.41, 5.74) is 13.7. The van der Waals surface area contributed by atoms with Crippen LogP contribution in [0, 0.1) is 0 Å². The van der Waals surface area contributed by atoms with E-state index in [1.807, 2.05) is 11.3 Å². The minimum atomic E-state index is -0.0921. The van der Waals surface area contributed by atoms with Crippen LogP contribution in [-0.4, -0.2) is 0 Å². The van der Waals surface area contributed by atoms with Gasteiger partial charge < -0.3 is 4.90 Å². The SMILES string of the molecule is CC1(C)c2ccccc2-c2c(N(c3ccc(-c4cccc5c4sc4cc6ccccc6cc45)cc3)c3ccccc3-c3ccccc3)cccc21. The van der Waals surface area contributed by atoms with E-state index in [9.17, 15) is 0 Å². The smallest absolute Gasteiger partial charge is 0.0543 e. The van der Waals surface area contributed by atoms with Gasteiger partial charge >= 0.3 is 0 Å². The number of hydrogen-bond acceptors (Lipinski definition) is 2. The lowest BCUT2D eigenvalue weighted by atomic mass is 9.82. The van der Waals surface area contributed by atoms with E-state index in [4.69, 9.17) is 0 Å². The Hall–Kier alpha value is -5.96. The number of nitrogens with zero attached hydrogens (tertiary/aromatic N) is 1. The standard InChI is InChI=1S/C49H35NS/c1-49(2)42-22-10-8-19-40(42)47-43(49)23-13-25-45(47)50(44-24-11-9-18-37(44)32-14-4-3-5-15-32)36-28-26-33(27-29-36)38-20-12-21-39-41-30-34-16-6-7-17-35(34)31-46(41)51-48(38)39/h3-31H,1-2H3. The number of benzene rings is 8. The zero-order valence-electron chi connectivity index (χ0n) is 28.6. The lowest BCUT2D eigenvalue weighted by Crippen LogP contribution is -2.16. The first-order valence-electron chi connectivity index (χ1n) is 17.7. The summed E-state index contributed by atoms with van der Waals surface area (Å²) in [6.07, 6.45) is 0. The fourth-order valence-electron chi connectivity index (χ4n) is 8.36. The minimum Gasteiger partial charge on any atom is -0.309 e. The Morgan fingerprint density at radius 2 is 1.06 bits per heavy atom. The van der Waals surface area contributed by atoms with E-state index in [1.54, 1.807) is 0 Å². The number of anilines is 3. The maximum atomic E-state index is 2.48. The quantitative estimate of drug-likeness (QED) is 0.176. The summed E-state index contributed by atoms with van der Waals surface area (Å²) in [6, 6.07) is 64.8. The van der Waals surface area contributed by atoms with Crippen LogP contribution >= 0.6 is 11.3 Å². The lowest BCUT2D eigenvalue weighted by molar-refractivity contribution is 0.660. The van der Waals surface area contributed by atoms with Crippen molar-refractivity contribution in [2.45, 2.75) is 19.3 Å². The van der Waals surface area contributed by atoms with Crippen molar-refractivity contribution in [3.8, 4) is 33.4 Å². The molecule has 0 saturated carbocycles. The Bertz CT molecular complexity index is 2770. The van der Waals surface area contributed by atoms with Gasteiger partial charge in [0.05, 0.1) is 11.4 Å². The number of para-hydroxylation sites is 1. The summed E-state index contributed by atoms with van der Waals surface area (Å²) in [4.78, 5) is 2.48. The van der Waals surface area contributed by atoms with Crippen molar-refractivity contribution in [2.75, 3.05) is 4.90 Å². The van der Waals surface area contributed by atoms with Gasteiger partial charge in [-0.05, 0) is 80.6 Å². The molecular weight excluding hydrogens is 635 g/mol. The van der Waals surface area contributed by atoms with Crippen molar-refractivity contribution < 1.29 is 0 Å². The molecule has 0 atom stereocenters. The number of fused-ring (bicyclic) bond motifs is 7. The number of hydrogen-bond donors (Lipinski definition) is 0. The zero-order valence-corrected chi connectivity index (χ0v) is 29.4. The van der Waals surface area contributed by atoms with Gasteiger partial charge in [-0.15, -0.1) is 11.3 Å². The van der Waals surface area contributed by atoms with Gasteiger partial charge in [-0.2, -0.15) is 0 Å². The predicted molar refractivity (Wildman–Crippen MR) is 220 cm³/mol. The topological polar surface area (TPSA) is 3.24 Å². The van der Waals surface area contributed by atoms with Gasteiger partial charge in [0.25, 0.3) is 0 Å². The summed E-state index contributed by atoms with van der Waals surface area (Å²) in [5.74, 6) is 0. The second kappa shape index (κ2) is 11.6. The van der Waals surface area contributed by atoms with Crippen molar-refractivity contribution in [2.24, 2.45) is 0 Å². The van der Waals surface area contributed by atoms with Gasteiger partial charge in [0.1, 0.15) is 0 Å². The number of thiophene rings is 1. The second-order valence-corrected chi connectivity index (χ2v) is 15.2. The van der Waals surface area contributed by atoms with Crippen molar-refractivity contribution >= 4 is 59.3 Å². The molecule has 1 heterocycles. The molecule has 0 N–H and O–H groups in total. The van der Waals surface area contributed by atoms with Crippen LogP contribution in [0.2, 0.25) is 0 Å². The third-order valence-electron chi connectivity index (χ3n) is 10.9. The monoisotopic (exact) mass is 669 g/mol. The van der Waals surface area contributed by atoms with Crippen LogP contribution < -0.4 is 4.90 Å². The molecule has 0 unspecified atom stereocenters. The van der Waals surface area contributed by atoms with Gasteiger partial charge in [-0.1, -0.05) is 153 Å². The lowest BCUT2D eigenvalue weighted by Gasteiger charge is -2.30. The average molecular weight is 670 g/mol. The maximum Gasteiger partial charge on any atom is 0.0543 e. The van der Waals surface area contributed by atoms with E-state index in [0.717, 1.165) is 11.4 Å². The first-order chi connectivity index (χ1) is 25.1. The Labute approximate surface area is 302 Å². The Balaban J connectivity index is 1.17. The van der Waals surface area contributed by atoms with Gasteiger partial charge in [-0.25, -0.2) is 0 Å². The van der Waals surface area contributed by atoms with Gasteiger partial charge in [0.2, 0.25) is 0 Å². The highest BCUT2D eigenvalue weighted by atomic mass is 32.1. The molecule has 0 fully saturated rings. The molecule has 8 aromatic carbocycles. The summed E-state index contributed by atoms with van der Waals surface area (Å²) in [6.45, 7) is 4.71. The first-order valence-corrected chi connectivity index (χ1v) is 18.5. The van der Waals surface area contributed by atoms with E-state index >= 15 is 0 Å². The van der Waals surface area contributed by atoms with Crippen LogP contribution in [0.4, 0.5) is 17.1 Å². The molecule has 0 spiro atoms. The molecular formula is C49H35NS. The molecule has 9 aromatic rings. The molecule has 1 nitrogen and oxygen atoms in total. The van der Waals surface area contributed by atoms with Crippen molar-refractivity contribution in [1.82, 2.24) is 0 Å². The van der Waals surface area contributed by atoms with Crippen LogP contribution in [0.25, 0.3) is 64.3 Å². The molecule has 1 aliphatic rings. The predicted octanol–water partition coefficient (Wildman–Crippen LogP) is 14.3. The largest absolute Gasteiger partial charge is 0.309 e. The molecule has 0 bridgehead atoms. The van der Waals surface area contributed by atoms with Crippen LogP contribution in [-0.2, 0) is 5.41 Å². The van der Waals surface area contributed by atoms with Crippen LogP contribution in [0.3, 0.4) is 0 Å². The van der Waals surface area contributed by atoms with Gasteiger partial charge in [0, 0.05) is 42.4 Å². The normalized spacial score (nSPS) is 13.1. The minimum absolute atomic E-state index is 0.0921. The maximum absolute atomic E-state index is 2.48. The first kappa shape index (κ1) is 29.9. The Morgan fingerprint density at radius 1 is 0.451 bits per heavy atom. The summed E-state index contributed by atoms with van der Waals surface area (Å²) in [5, 5.41) is 5.23. The average Bonchev–Trinajstić information content (AvgIpc) is 3.66. The van der Waals surface area contributed by atoms with Crippen LogP contribution in [0.5, 0.6) is 0 Å². The van der Waals surface area contributed by atoms with E-state index < -0.39 is 0 Å². The molecule has 51 heavy (non-hydrogen) atoms. The molecule has 1 aromatic heterocycles. The fourth-order valence-corrected chi connectivity index (χ4v) is 9.63. The third kappa shape index (κ3) is 4.67. The van der Waals surface area contributed by atoms with Crippen molar-refractivity contribution in [3.63, 3.8) is 0 Å². The highest BCUT2D eigenvalue weighted by molar-refractivity contribution is 7.26. The summed E-state index contributed by atoms with van der Waals surface area (Å²) in [7, 11) is 0. The highest BCUT2D eigenvalue weighted by Gasteiger charge is 2.37. The Morgan fingerprint density at radius 3 is 1.88 bits per heavy atom. The fraction of sp³-hybridized carbons (Fsp3) is 0.0612. The second-order valence-electron chi connectivity index (χ2n) is 14.1. The summed E-state index contributed by atoms with van der Waals surface area (Å²) >= 11 is 1.90. The molecule has 0 saturated heterocycles. The van der Waals surface area contributed by atoms with E-state index in [0.29, 0.717) is 0 Å². The third-order valence-corrected chi connectivity index (χ3v) is 12.1. The van der Waals surface area contributed by atoms with Crippen LogP contribution in [0.1, 0.15) is 25.0 Å². The highest BCUT2D eigenvalue weighted by Crippen LogP contribution is 2.55. The van der Waals surface area contributed by atoms with E-state index in [1.165, 1.54) is 81.1 Å². The molecule has 1 aliphatic carbocycles. The van der Waals surface area contributed by atoms with E-state index in [2.05, 4.69) is 195 Å². The van der Waals surface area contributed by atoms with E-state index in [-0.39, 0.29) is 5.41 Å². The number of rotatable bonds is 5. The van der Waals surface area contributed by atoms with Crippen molar-refractivity contribution in [1.29, 1.82) is 0 Å². The van der Waals surface area contributed by atoms with Gasteiger partial charge in [-0.3, -0.25) is 0 Å². The van der Waals surface area contributed by atoms with Crippen molar-refractivity contribution in [3.05, 3.63) is 187 Å². The summed E-state index contributed by atoms with van der Waals surface area (Å²) < 4.78 is 2.67. The van der Waals surface area contributed by atoms with Gasteiger partial charge in [0.15, 0.2) is 0 Å². The van der Waals surface area contributed by atoms with Crippen LogP contribution in [0.15, 0.2) is 176 Å². The molecule has 0 amide bonds. The zero-order chi connectivity index (χ0) is 34.1. The Kier molecular flexibility index (Phi) is 6.78. The molecule has 0 radical (unpaired) electrons. The molecule has 0 aliphatic heterocycles. The molecule has 2 heteroatoms. The molecule has 10 rings (SSSR count). The molecule has 242 valence electrons.